The molecule has 34 heavy (non-hydrogen) atoms. The van der Waals surface area contributed by atoms with Gasteiger partial charge in [0.15, 0.2) is 8.32 Å². The minimum absolute atomic E-state index is 0.443. The Kier molecular flexibility index (Phi) is 7.73. The van der Waals surface area contributed by atoms with Gasteiger partial charge in [0, 0.05) is 6.10 Å². The van der Waals surface area contributed by atoms with E-state index in [1.165, 1.54) is 57.8 Å². The van der Waals surface area contributed by atoms with Gasteiger partial charge in [-0.3, -0.25) is 0 Å². The van der Waals surface area contributed by atoms with Crippen molar-refractivity contribution in [2.75, 3.05) is 0 Å². The fourth-order valence-corrected chi connectivity index (χ4v) is 10.6. The van der Waals surface area contributed by atoms with Crippen LogP contribution in [0.25, 0.3) is 0 Å². The molecule has 0 heterocycles. The summed E-state index contributed by atoms with van der Waals surface area (Å²) >= 11 is 0. The fourth-order valence-electron chi connectivity index (χ4n) is 9.41. The van der Waals surface area contributed by atoms with Gasteiger partial charge in [0.1, 0.15) is 0 Å². The second-order valence-electron chi connectivity index (χ2n) is 14.6. The molecule has 4 aliphatic rings. The Balaban J connectivity index is 1.49. The van der Waals surface area contributed by atoms with E-state index in [9.17, 15) is 0 Å². The zero-order valence-electron chi connectivity index (χ0n) is 24.1. The van der Waals surface area contributed by atoms with E-state index >= 15 is 0 Å². The van der Waals surface area contributed by atoms with Gasteiger partial charge in [-0.05, 0) is 130 Å². The second-order valence-corrected chi connectivity index (χ2v) is 19.1. The van der Waals surface area contributed by atoms with Crippen molar-refractivity contribution in [2.45, 2.75) is 125 Å². The van der Waals surface area contributed by atoms with Crippen LogP contribution in [0.1, 0.15) is 99.3 Å². The van der Waals surface area contributed by atoms with Crippen molar-refractivity contribution in [3.8, 4) is 0 Å². The Morgan fingerprint density at radius 3 is 2.38 bits per heavy atom. The average molecular weight is 485 g/mol. The predicted molar refractivity (Wildman–Crippen MR) is 150 cm³/mol. The number of allylic oxidation sites excluding steroid dienone is 3. The standard InChI is InChI=1S/C32H56OSi/c1-10-24(22(2)3)12-11-23(4)28-15-16-29-27-14-13-25-21-26(33-34(7,8)9)17-19-31(25,5)30(27)18-20-32(28,29)6/h11-13,22-24,26-30H,10,14-21H2,1-9H3/b12-11+/t23-,24+,26?,27+,28-,29+,30+,31+,32-/m1/s1. The summed E-state index contributed by atoms with van der Waals surface area (Å²) < 4.78 is 6.59. The lowest BCUT2D eigenvalue weighted by Crippen LogP contribution is -2.51. The third-order valence-electron chi connectivity index (χ3n) is 11.3. The van der Waals surface area contributed by atoms with Gasteiger partial charge >= 0.3 is 0 Å². The summed E-state index contributed by atoms with van der Waals surface area (Å²) in [5, 5.41) is 0. The van der Waals surface area contributed by atoms with Crippen molar-refractivity contribution in [3.05, 3.63) is 23.8 Å². The summed E-state index contributed by atoms with van der Waals surface area (Å²) in [6.07, 6.45) is 20.7. The van der Waals surface area contributed by atoms with Crippen LogP contribution in [0.2, 0.25) is 19.6 Å². The van der Waals surface area contributed by atoms with Crippen LogP contribution in [0.15, 0.2) is 23.8 Å². The summed E-state index contributed by atoms with van der Waals surface area (Å²) in [5.41, 5.74) is 2.76. The van der Waals surface area contributed by atoms with E-state index in [2.05, 4.69) is 79.4 Å². The summed E-state index contributed by atoms with van der Waals surface area (Å²) in [4.78, 5) is 0. The molecular formula is C32H56OSi. The second kappa shape index (κ2) is 9.84. The fraction of sp³-hybridized carbons (Fsp3) is 0.875. The van der Waals surface area contributed by atoms with Gasteiger partial charge in [-0.15, -0.1) is 0 Å². The van der Waals surface area contributed by atoms with Gasteiger partial charge in [0.05, 0.1) is 0 Å². The Morgan fingerprint density at radius 2 is 1.74 bits per heavy atom. The zero-order chi connectivity index (χ0) is 24.9. The summed E-state index contributed by atoms with van der Waals surface area (Å²) in [6, 6.07) is 0. The Morgan fingerprint density at radius 1 is 1.00 bits per heavy atom. The zero-order valence-corrected chi connectivity index (χ0v) is 25.1. The SMILES string of the molecule is CC[C@@H](/C=C/[C@@H](C)[C@H]1CC[C@H]2[C@@H]3CC=C4CC(O[Si](C)(C)C)CC[C@]4(C)[C@H]3CC[C@]12C)C(C)C. The van der Waals surface area contributed by atoms with Crippen molar-refractivity contribution < 1.29 is 4.43 Å². The lowest BCUT2D eigenvalue weighted by molar-refractivity contribution is -0.0530. The molecule has 1 nitrogen and oxygen atoms in total. The van der Waals surface area contributed by atoms with Crippen LogP contribution in [0.4, 0.5) is 0 Å². The van der Waals surface area contributed by atoms with Crippen molar-refractivity contribution in [2.24, 2.45) is 52.3 Å². The molecule has 194 valence electrons. The first-order chi connectivity index (χ1) is 15.9. The maximum atomic E-state index is 6.59. The minimum atomic E-state index is -1.46. The molecule has 0 spiro atoms. The number of fused-ring (bicyclic) bond motifs is 5. The van der Waals surface area contributed by atoms with E-state index in [1.54, 1.807) is 5.57 Å². The van der Waals surface area contributed by atoms with Crippen LogP contribution in [-0.4, -0.2) is 14.4 Å². The Hall–Kier alpha value is -0.343. The topological polar surface area (TPSA) is 9.23 Å². The van der Waals surface area contributed by atoms with Crippen LogP contribution in [0.3, 0.4) is 0 Å². The van der Waals surface area contributed by atoms with Gasteiger partial charge in [-0.2, -0.15) is 0 Å². The monoisotopic (exact) mass is 484 g/mol. The third-order valence-corrected chi connectivity index (χ3v) is 12.3. The molecule has 0 amide bonds. The highest BCUT2D eigenvalue weighted by Gasteiger charge is 2.59. The molecule has 1 unspecified atom stereocenters. The smallest absolute Gasteiger partial charge is 0.184 e. The van der Waals surface area contributed by atoms with Crippen LogP contribution >= 0.6 is 0 Å². The molecule has 0 aromatic carbocycles. The lowest BCUT2D eigenvalue weighted by Gasteiger charge is -2.58. The van der Waals surface area contributed by atoms with Gasteiger partial charge in [-0.25, -0.2) is 0 Å². The van der Waals surface area contributed by atoms with E-state index in [-0.39, 0.29) is 0 Å². The highest BCUT2D eigenvalue weighted by atomic mass is 28.4. The Bertz CT molecular complexity index is 774. The highest BCUT2D eigenvalue weighted by molar-refractivity contribution is 6.69. The molecular weight excluding hydrogens is 428 g/mol. The molecule has 9 atom stereocenters. The average Bonchev–Trinajstić information content (AvgIpc) is 3.10. The summed E-state index contributed by atoms with van der Waals surface area (Å²) in [7, 11) is -1.46. The van der Waals surface area contributed by atoms with Gasteiger partial charge in [0.25, 0.3) is 0 Å². The summed E-state index contributed by atoms with van der Waals surface area (Å²) in [6.45, 7) is 22.1. The van der Waals surface area contributed by atoms with Crippen molar-refractivity contribution in [3.63, 3.8) is 0 Å². The van der Waals surface area contributed by atoms with Crippen molar-refractivity contribution in [1.82, 2.24) is 0 Å². The van der Waals surface area contributed by atoms with Gasteiger partial charge < -0.3 is 4.43 Å². The molecule has 0 bridgehead atoms. The van der Waals surface area contributed by atoms with Gasteiger partial charge in [-0.1, -0.05) is 65.3 Å². The minimum Gasteiger partial charge on any atom is -0.414 e. The van der Waals surface area contributed by atoms with E-state index < -0.39 is 8.32 Å². The predicted octanol–water partition coefficient (Wildman–Crippen LogP) is 9.66. The molecule has 0 aromatic heterocycles. The first-order valence-corrected chi connectivity index (χ1v) is 18.4. The first-order valence-electron chi connectivity index (χ1n) is 14.9. The first kappa shape index (κ1) is 26.7. The van der Waals surface area contributed by atoms with Crippen LogP contribution < -0.4 is 0 Å². The molecule has 3 fully saturated rings. The molecule has 3 saturated carbocycles. The number of rotatable bonds is 7. The van der Waals surface area contributed by atoms with Crippen LogP contribution in [0, 0.1) is 52.3 Å². The molecule has 0 radical (unpaired) electrons. The van der Waals surface area contributed by atoms with Crippen LogP contribution in [-0.2, 0) is 4.43 Å². The highest BCUT2D eigenvalue weighted by Crippen LogP contribution is 2.67. The normalized spacial score (nSPS) is 42.2. The molecule has 0 N–H and O–H groups in total. The molecule has 0 aromatic rings. The lowest BCUT2D eigenvalue weighted by atomic mass is 9.47. The van der Waals surface area contributed by atoms with Gasteiger partial charge in [0.2, 0.25) is 0 Å². The molecule has 2 heteroatoms. The largest absolute Gasteiger partial charge is 0.414 e. The maximum Gasteiger partial charge on any atom is 0.184 e. The summed E-state index contributed by atoms with van der Waals surface area (Å²) in [5.74, 6) is 5.86. The maximum absolute atomic E-state index is 6.59. The van der Waals surface area contributed by atoms with E-state index in [1.807, 2.05) is 0 Å². The van der Waals surface area contributed by atoms with Crippen molar-refractivity contribution >= 4 is 8.32 Å². The quantitative estimate of drug-likeness (QED) is 0.258. The molecule has 4 rings (SSSR count). The molecule has 0 aliphatic heterocycles. The Labute approximate surface area is 213 Å². The third kappa shape index (κ3) is 4.93. The number of hydrogen-bond acceptors (Lipinski definition) is 1. The number of hydrogen-bond donors (Lipinski definition) is 0. The molecule has 4 aliphatic carbocycles. The van der Waals surface area contributed by atoms with E-state index in [0.717, 1.165) is 41.4 Å². The van der Waals surface area contributed by atoms with Crippen molar-refractivity contribution in [1.29, 1.82) is 0 Å². The van der Waals surface area contributed by atoms with E-state index in [0.29, 0.717) is 16.9 Å². The van der Waals surface area contributed by atoms with E-state index in [4.69, 9.17) is 4.43 Å². The van der Waals surface area contributed by atoms with Crippen LogP contribution in [0.5, 0.6) is 0 Å². The molecule has 0 saturated heterocycles.